The van der Waals surface area contributed by atoms with Gasteiger partial charge in [0.15, 0.2) is 0 Å². The van der Waals surface area contributed by atoms with Gasteiger partial charge in [-0.2, -0.15) is 65.5 Å². The van der Waals surface area contributed by atoms with Gasteiger partial charge in [-0.3, -0.25) is 4.18 Å². The van der Waals surface area contributed by atoms with Crippen molar-refractivity contribution in [3.63, 3.8) is 0 Å². The molecular formula is C7H2F13O3S. The minimum atomic E-state index is -8.20. The van der Waals surface area contributed by atoms with E-state index in [-0.39, 0.29) is 0 Å². The minimum absolute atomic E-state index is 1.61. The monoisotopic (exact) mass is 413 g/mol. The molecule has 24 heavy (non-hydrogen) atoms. The van der Waals surface area contributed by atoms with E-state index in [9.17, 15) is 65.5 Å². The standard InChI is InChI=1S/C7H2F13O3S/c1-23-24(21,22)7(19,20)5(14,15)3(10,11)2(8,9)4(12,13)6(16,17)18/h1H2. The number of halogens is 13. The fourth-order valence-electron chi connectivity index (χ4n) is 0.986. The molecule has 0 aliphatic rings. The molecule has 0 aliphatic heterocycles. The Bertz CT molecular complexity index is 575. The van der Waals surface area contributed by atoms with Crippen molar-refractivity contribution in [2.24, 2.45) is 0 Å². The lowest BCUT2D eigenvalue weighted by Crippen LogP contribution is -2.71. The zero-order valence-corrected chi connectivity index (χ0v) is 11.1. The van der Waals surface area contributed by atoms with Gasteiger partial charge in [-0.1, -0.05) is 0 Å². The topological polar surface area (TPSA) is 43.4 Å². The summed E-state index contributed by atoms with van der Waals surface area (Å²) in [6.07, 6.45) is -7.58. The quantitative estimate of drug-likeness (QED) is 0.492. The maximum atomic E-state index is 12.9. The first-order valence-corrected chi connectivity index (χ1v) is 6.11. The van der Waals surface area contributed by atoms with Crippen LogP contribution in [0.4, 0.5) is 57.1 Å². The first-order valence-electron chi connectivity index (χ1n) is 4.70. The van der Waals surface area contributed by atoms with Crippen LogP contribution in [0.15, 0.2) is 0 Å². The third-order valence-corrected chi connectivity index (χ3v) is 3.57. The fraction of sp³-hybridized carbons (Fsp3) is 0.857. The molecule has 0 heterocycles. The summed E-state index contributed by atoms with van der Waals surface area (Å²) in [6.45, 7) is 0. The lowest BCUT2D eigenvalue weighted by atomic mass is 9.98. The van der Waals surface area contributed by atoms with E-state index in [1.807, 2.05) is 0 Å². The summed E-state index contributed by atoms with van der Waals surface area (Å²) in [6, 6.07) is 0. The van der Waals surface area contributed by atoms with Crippen LogP contribution >= 0.6 is 0 Å². The van der Waals surface area contributed by atoms with Crippen molar-refractivity contribution in [1.29, 1.82) is 0 Å². The van der Waals surface area contributed by atoms with Crippen LogP contribution in [0.1, 0.15) is 0 Å². The van der Waals surface area contributed by atoms with Crippen LogP contribution in [0, 0.1) is 7.11 Å². The van der Waals surface area contributed by atoms with E-state index in [1.165, 1.54) is 0 Å². The molecule has 0 spiro atoms. The summed E-state index contributed by atoms with van der Waals surface area (Å²) in [5, 5.41) is -7.35. The molecule has 0 fully saturated rings. The minimum Gasteiger partial charge on any atom is -0.263 e. The molecule has 1 radical (unpaired) electrons. The molecular weight excluding hydrogens is 411 g/mol. The Kier molecular flexibility index (Phi) is 5.27. The highest BCUT2D eigenvalue weighted by Crippen LogP contribution is 2.61. The molecule has 0 aromatic carbocycles. The van der Waals surface area contributed by atoms with Crippen LogP contribution in [0.3, 0.4) is 0 Å². The molecule has 0 bridgehead atoms. The van der Waals surface area contributed by atoms with Crippen LogP contribution in [0.2, 0.25) is 0 Å². The molecule has 0 rings (SSSR count). The molecule has 0 N–H and O–H groups in total. The maximum absolute atomic E-state index is 12.9. The lowest BCUT2D eigenvalue weighted by Gasteiger charge is -2.38. The van der Waals surface area contributed by atoms with Gasteiger partial charge in [0, 0.05) is 0 Å². The summed E-state index contributed by atoms with van der Waals surface area (Å²) in [7, 11) is -5.61. The maximum Gasteiger partial charge on any atom is 0.460 e. The molecule has 0 aromatic rings. The van der Waals surface area contributed by atoms with Gasteiger partial charge in [0.25, 0.3) is 0 Å². The average molecular weight is 413 g/mol. The second kappa shape index (κ2) is 5.50. The Morgan fingerprint density at radius 2 is 0.875 bits per heavy atom. The first kappa shape index (κ1) is 23.0. The number of hydrogen-bond donors (Lipinski definition) is 0. The van der Waals surface area contributed by atoms with E-state index < -0.39 is 45.2 Å². The van der Waals surface area contributed by atoms with Gasteiger partial charge in [0.05, 0.1) is 7.11 Å². The SMILES string of the molecule is [CH2]OS(=O)(=O)C(F)(F)C(F)(F)C(F)(F)C(F)(F)C(F)(F)C(F)(F)F. The number of alkyl halides is 13. The molecule has 3 nitrogen and oxygen atoms in total. The van der Waals surface area contributed by atoms with Gasteiger partial charge < -0.3 is 0 Å². The van der Waals surface area contributed by atoms with E-state index in [0.29, 0.717) is 0 Å². The summed E-state index contributed by atoms with van der Waals surface area (Å²) >= 11 is 0. The largest absolute Gasteiger partial charge is 0.460 e. The third kappa shape index (κ3) is 2.68. The van der Waals surface area contributed by atoms with E-state index in [0.717, 1.165) is 0 Å². The van der Waals surface area contributed by atoms with E-state index >= 15 is 0 Å². The van der Waals surface area contributed by atoms with Crippen molar-refractivity contribution >= 4 is 10.1 Å². The lowest BCUT2D eigenvalue weighted by molar-refractivity contribution is -0.433. The second-order valence-corrected chi connectivity index (χ2v) is 5.54. The average Bonchev–Trinajstić information content (AvgIpc) is 2.36. The van der Waals surface area contributed by atoms with E-state index in [4.69, 9.17) is 0 Å². The van der Waals surface area contributed by atoms with Crippen molar-refractivity contribution in [3.05, 3.63) is 7.11 Å². The van der Waals surface area contributed by atoms with Crippen molar-refractivity contribution in [2.45, 2.75) is 35.1 Å². The number of hydrogen-bond acceptors (Lipinski definition) is 3. The van der Waals surface area contributed by atoms with Crippen LogP contribution in [-0.4, -0.2) is 43.5 Å². The van der Waals surface area contributed by atoms with Crippen LogP contribution < -0.4 is 0 Å². The summed E-state index contributed by atoms with van der Waals surface area (Å²) in [5.41, 5.74) is 0. The highest BCUT2D eigenvalue weighted by atomic mass is 32.2. The Balaban J connectivity index is 6.52. The highest BCUT2D eigenvalue weighted by molar-refractivity contribution is 7.87. The van der Waals surface area contributed by atoms with Crippen molar-refractivity contribution < 1.29 is 69.7 Å². The summed E-state index contributed by atoms with van der Waals surface area (Å²) in [5.74, 6) is -32.3. The predicted octanol–water partition coefficient (Wildman–Crippen LogP) is 3.82. The van der Waals surface area contributed by atoms with Crippen LogP contribution in [0.25, 0.3) is 0 Å². The predicted molar refractivity (Wildman–Crippen MR) is 46.2 cm³/mol. The molecule has 145 valence electrons. The van der Waals surface area contributed by atoms with Gasteiger partial charge in [0.2, 0.25) is 0 Å². The third-order valence-electron chi connectivity index (χ3n) is 2.37. The molecule has 0 aliphatic carbocycles. The van der Waals surface area contributed by atoms with Crippen molar-refractivity contribution in [2.75, 3.05) is 0 Å². The smallest absolute Gasteiger partial charge is 0.263 e. The van der Waals surface area contributed by atoms with Gasteiger partial charge in [-0.25, -0.2) is 0 Å². The van der Waals surface area contributed by atoms with Gasteiger partial charge in [-0.15, -0.1) is 0 Å². The van der Waals surface area contributed by atoms with Crippen LogP contribution in [0.5, 0.6) is 0 Å². The van der Waals surface area contributed by atoms with Gasteiger partial charge >= 0.3 is 45.2 Å². The van der Waals surface area contributed by atoms with Gasteiger partial charge in [0.1, 0.15) is 0 Å². The molecule has 0 atom stereocenters. The van der Waals surface area contributed by atoms with E-state index in [1.54, 1.807) is 7.11 Å². The summed E-state index contributed by atoms with van der Waals surface area (Å²) < 4.78 is 186. The molecule has 0 unspecified atom stereocenters. The Labute approximate surface area is 123 Å². The molecule has 0 amide bonds. The second-order valence-electron chi connectivity index (χ2n) is 3.88. The Hall–Kier alpha value is -1.00. The van der Waals surface area contributed by atoms with Crippen molar-refractivity contribution in [3.8, 4) is 0 Å². The Morgan fingerprint density at radius 3 is 1.12 bits per heavy atom. The zero-order chi connectivity index (χ0) is 20.2. The first-order chi connectivity index (χ1) is 10.1. The highest BCUT2D eigenvalue weighted by Gasteiger charge is 2.92. The molecule has 17 heteroatoms. The molecule has 0 saturated carbocycles. The normalized spacial score (nSPS) is 16.4. The van der Waals surface area contributed by atoms with Crippen molar-refractivity contribution in [1.82, 2.24) is 0 Å². The van der Waals surface area contributed by atoms with Gasteiger partial charge in [-0.05, 0) is 0 Å². The van der Waals surface area contributed by atoms with E-state index in [2.05, 4.69) is 4.18 Å². The molecule has 0 saturated heterocycles. The van der Waals surface area contributed by atoms with Crippen LogP contribution in [-0.2, 0) is 14.3 Å². The molecule has 0 aromatic heterocycles. The zero-order valence-electron chi connectivity index (χ0n) is 10.3. The Morgan fingerprint density at radius 1 is 0.583 bits per heavy atom. The number of rotatable bonds is 6. The summed E-state index contributed by atoms with van der Waals surface area (Å²) in [4.78, 5) is 0. The fourth-order valence-corrected chi connectivity index (χ4v) is 1.58.